The maximum atomic E-state index is 7.21. The first-order valence-corrected chi connectivity index (χ1v) is 15.5. The molecule has 0 saturated heterocycles. The SMILES string of the molecule is CC(C)[CH2][Al]([O]C1C=CC=CC1(C(C)(C)C)C(C)(C)C)[O]C1C=CC=CC1(C(C)(C)C)C(C)(C)C. The topological polar surface area (TPSA) is 18.5 Å². The van der Waals surface area contributed by atoms with E-state index in [1.807, 2.05) is 0 Å². The monoisotopic (exact) mass is 498 g/mol. The lowest BCUT2D eigenvalue weighted by atomic mass is 9.50. The van der Waals surface area contributed by atoms with Crippen LogP contribution in [0.4, 0.5) is 0 Å². The van der Waals surface area contributed by atoms with Crippen LogP contribution in [0.1, 0.15) is 96.9 Å². The number of allylic oxidation sites excluding steroid dienone is 4. The van der Waals surface area contributed by atoms with Crippen LogP contribution in [-0.4, -0.2) is 27.0 Å². The molecule has 0 aromatic heterocycles. The summed E-state index contributed by atoms with van der Waals surface area (Å²) < 4.78 is 14.4. The summed E-state index contributed by atoms with van der Waals surface area (Å²) >= 11 is -2.06. The summed E-state index contributed by atoms with van der Waals surface area (Å²) in [5, 5.41) is 0.997. The van der Waals surface area contributed by atoms with Crippen LogP contribution in [0.5, 0.6) is 0 Å². The first kappa shape index (κ1) is 30.6. The highest BCUT2D eigenvalue weighted by atomic mass is 27.2. The zero-order chi connectivity index (χ0) is 27.1. The van der Waals surface area contributed by atoms with Crippen molar-refractivity contribution >= 4 is 14.8 Å². The smallest absolute Gasteiger partial charge is 0.472 e. The number of hydrogen-bond donors (Lipinski definition) is 0. The zero-order valence-electron chi connectivity index (χ0n) is 25.5. The maximum absolute atomic E-state index is 7.21. The molecule has 198 valence electrons. The molecule has 35 heavy (non-hydrogen) atoms. The minimum atomic E-state index is -2.06. The van der Waals surface area contributed by atoms with Crippen molar-refractivity contribution in [1.29, 1.82) is 0 Å². The molecule has 0 radical (unpaired) electrons. The predicted molar refractivity (Wildman–Crippen MR) is 154 cm³/mol. The molecule has 0 spiro atoms. The Hall–Kier alpha value is -0.588. The molecule has 2 nitrogen and oxygen atoms in total. The summed E-state index contributed by atoms with van der Waals surface area (Å²) in [6.45, 7) is 32.9. The lowest BCUT2D eigenvalue weighted by molar-refractivity contribution is -0.0909. The number of hydrogen-bond acceptors (Lipinski definition) is 2. The third kappa shape index (κ3) is 5.80. The second-order valence-electron chi connectivity index (χ2n) is 15.4. The summed E-state index contributed by atoms with van der Waals surface area (Å²) in [5.74, 6) is 0.523. The molecule has 0 aliphatic heterocycles. The minimum absolute atomic E-state index is 0.00953. The Balaban J connectivity index is 2.53. The van der Waals surface area contributed by atoms with Crippen LogP contribution in [0, 0.1) is 38.4 Å². The highest BCUT2D eigenvalue weighted by molar-refractivity contribution is 6.44. The number of rotatable bonds is 6. The first-order valence-electron chi connectivity index (χ1n) is 13.7. The standard InChI is InChI=1S/2C14H23O.C4H9.Al/c2*1-12(2,3)14(13(4,5)6)10-8-7-9-11(14)15;1-4(2)3;/h2*7-11H,1-6H3;4H,1H2,2-3H3;/q2*-1;;+2. The molecule has 0 aromatic carbocycles. The van der Waals surface area contributed by atoms with Crippen molar-refractivity contribution in [2.45, 2.75) is 114 Å². The molecule has 0 heterocycles. The molecule has 0 N–H and O–H groups in total. The van der Waals surface area contributed by atoms with Gasteiger partial charge in [0.05, 0.1) is 12.2 Å². The summed E-state index contributed by atoms with van der Waals surface area (Å²) in [6.07, 6.45) is 18.2. The second-order valence-corrected chi connectivity index (χ2v) is 17.3. The third-order valence-corrected chi connectivity index (χ3v) is 11.2. The van der Waals surface area contributed by atoms with Crippen LogP contribution in [0.25, 0.3) is 0 Å². The average molecular weight is 499 g/mol. The fraction of sp³-hybridized carbons (Fsp3) is 0.750. The fourth-order valence-corrected chi connectivity index (χ4v) is 9.68. The third-order valence-electron chi connectivity index (χ3n) is 8.63. The van der Waals surface area contributed by atoms with Crippen molar-refractivity contribution in [1.82, 2.24) is 0 Å². The lowest BCUT2D eigenvalue weighted by Gasteiger charge is -2.58. The van der Waals surface area contributed by atoms with Crippen LogP contribution in [0.2, 0.25) is 5.28 Å². The molecule has 2 atom stereocenters. The largest absolute Gasteiger partial charge is 0.675 e. The predicted octanol–water partition coefficient (Wildman–Crippen LogP) is 9.31. The van der Waals surface area contributed by atoms with Crippen molar-refractivity contribution in [2.75, 3.05) is 0 Å². The Kier molecular flexibility index (Phi) is 9.00. The Bertz CT molecular complexity index is 737. The fourth-order valence-electron chi connectivity index (χ4n) is 7.36. The molecule has 0 amide bonds. The Labute approximate surface area is 223 Å². The molecule has 2 aliphatic rings. The Morgan fingerprint density at radius 3 is 1.17 bits per heavy atom. The van der Waals surface area contributed by atoms with Gasteiger partial charge in [-0.1, -0.05) is 151 Å². The molecule has 2 aliphatic carbocycles. The summed E-state index contributed by atoms with van der Waals surface area (Å²) in [4.78, 5) is 0. The van der Waals surface area contributed by atoms with Gasteiger partial charge in [-0.05, 0) is 26.9 Å². The molecule has 3 heteroatoms. The van der Waals surface area contributed by atoms with E-state index in [4.69, 9.17) is 7.58 Å². The van der Waals surface area contributed by atoms with E-state index in [9.17, 15) is 0 Å². The van der Waals surface area contributed by atoms with Gasteiger partial charge in [0.2, 0.25) is 0 Å². The van der Waals surface area contributed by atoms with Gasteiger partial charge in [0.25, 0.3) is 0 Å². The van der Waals surface area contributed by atoms with Gasteiger partial charge in [0.15, 0.2) is 0 Å². The summed E-state index contributed by atoms with van der Waals surface area (Å²) in [6, 6.07) is 0. The van der Waals surface area contributed by atoms with E-state index >= 15 is 0 Å². The van der Waals surface area contributed by atoms with E-state index in [2.05, 4.69) is 146 Å². The molecule has 2 rings (SSSR count). The van der Waals surface area contributed by atoms with Gasteiger partial charge in [0, 0.05) is 10.8 Å². The van der Waals surface area contributed by atoms with Gasteiger partial charge in [-0.3, -0.25) is 0 Å². The summed E-state index contributed by atoms with van der Waals surface area (Å²) in [7, 11) is 0. The molecular formula is C32H55AlO2. The minimum Gasteiger partial charge on any atom is -0.472 e. The summed E-state index contributed by atoms with van der Waals surface area (Å²) in [5.41, 5.74) is -0.143. The van der Waals surface area contributed by atoms with E-state index in [0.717, 1.165) is 5.28 Å². The Morgan fingerprint density at radius 1 is 0.600 bits per heavy atom. The second kappa shape index (κ2) is 10.3. The van der Waals surface area contributed by atoms with E-state index < -0.39 is 14.8 Å². The van der Waals surface area contributed by atoms with E-state index in [1.165, 1.54) is 0 Å². The van der Waals surface area contributed by atoms with Crippen LogP contribution < -0.4 is 0 Å². The normalized spacial score (nSPS) is 24.3. The van der Waals surface area contributed by atoms with Crippen molar-refractivity contribution < 1.29 is 7.58 Å². The molecule has 0 aromatic rings. The molecule has 0 saturated carbocycles. The van der Waals surface area contributed by atoms with E-state index in [-0.39, 0.29) is 44.7 Å². The zero-order valence-corrected chi connectivity index (χ0v) is 26.6. The van der Waals surface area contributed by atoms with Gasteiger partial charge in [0.1, 0.15) is 0 Å². The van der Waals surface area contributed by atoms with E-state index in [1.54, 1.807) is 0 Å². The van der Waals surface area contributed by atoms with Crippen molar-refractivity contribution in [3.63, 3.8) is 0 Å². The average Bonchev–Trinajstić information content (AvgIpc) is 2.64. The molecule has 0 bridgehead atoms. The van der Waals surface area contributed by atoms with Crippen molar-refractivity contribution in [3.05, 3.63) is 48.6 Å². The van der Waals surface area contributed by atoms with Gasteiger partial charge >= 0.3 is 14.8 Å². The lowest BCUT2D eigenvalue weighted by Crippen LogP contribution is -2.58. The van der Waals surface area contributed by atoms with Crippen molar-refractivity contribution in [2.24, 2.45) is 38.4 Å². The molecule has 0 fully saturated rings. The van der Waals surface area contributed by atoms with E-state index in [0.29, 0.717) is 5.92 Å². The Morgan fingerprint density at radius 2 is 0.914 bits per heavy atom. The van der Waals surface area contributed by atoms with Gasteiger partial charge < -0.3 is 7.58 Å². The van der Waals surface area contributed by atoms with Gasteiger partial charge in [-0.25, -0.2) is 0 Å². The van der Waals surface area contributed by atoms with Crippen LogP contribution >= 0.6 is 0 Å². The van der Waals surface area contributed by atoms with Crippen molar-refractivity contribution in [3.8, 4) is 0 Å². The van der Waals surface area contributed by atoms with Crippen LogP contribution in [-0.2, 0) is 7.58 Å². The first-order chi connectivity index (χ1) is 15.7. The maximum Gasteiger partial charge on any atom is 0.675 e. The highest BCUT2D eigenvalue weighted by Gasteiger charge is 2.57. The van der Waals surface area contributed by atoms with Gasteiger partial charge in [-0.2, -0.15) is 0 Å². The van der Waals surface area contributed by atoms with Crippen LogP contribution in [0.15, 0.2) is 48.6 Å². The molecule has 2 unspecified atom stereocenters. The highest BCUT2D eigenvalue weighted by Crippen LogP contribution is 2.59. The van der Waals surface area contributed by atoms with Gasteiger partial charge in [-0.15, -0.1) is 0 Å². The van der Waals surface area contributed by atoms with Crippen LogP contribution in [0.3, 0.4) is 0 Å². The molecular weight excluding hydrogens is 443 g/mol. The quantitative estimate of drug-likeness (QED) is 0.340.